The van der Waals surface area contributed by atoms with E-state index in [4.69, 9.17) is 25.9 Å². The lowest BCUT2D eigenvalue weighted by Gasteiger charge is -2.26. The second-order valence-corrected chi connectivity index (χ2v) is 9.99. The Morgan fingerprint density at radius 1 is 1.03 bits per heavy atom. The zero-order valence-corrected chi connectivity index (χ0v) is 20.6. The number of nitrogens with one attached hydrogen (secondary N) is 1. The average molecular weight is 509 g/mol. The van der Waals surface area contributed by atoms with Gasteiger partial charge in [-0.3, -0.25) is 9.59 Å². The summed E-state index contributed by atoms with van der Waals surface area (Å²) >= 11 is 5.93. The monoisotopic (exact) mass is 508 g/mol. The Morgan fingerprint density at radius 2 is 1.78 bits per heavy atom. The van der Waals surface area contributed by atoms with E-state index in [0.717, 1.165) is 36.0 Å². The SMILES string of the molecule is O=C(O)CCc1ccccc1C[C@@H]1[C@H](c2nc(C(=O)NCCc3ccc(Cl)cc3)co2)[C@H]2CC[C@@H]1O2. The van der Waals surface area contributed by atoms with Gasteiger partial charge in [0.25, 0.3) is 5.91 Å². The molecule has 2 aliphatic heterocycles. The van der Waals surface area contributed by atoms with E-state index in [-0.39, 0.29) is 42.1 Å². The van der Waals surface area contributed by atoms with E-state index >= 15 is 0 Å². The van der Waals surface area contributed by atoms with Crippen LogP contribution in [-0.4, -0.2) is 40.7 Å². The van der Waals surface area contributed by atoms with Crippen LogP contribution in [0.5, 0.6) is 0 Å². The van der Waals surface area contributed by atoms with Crippen molar-refractivity contribution in [2.45, 2.75) is 56.7 Å². The molecule has 0 aliphatic carbocycles. The number of carbonyl (C=O) groups excluding carboxylic acids is 1. The van der Waals surface area contributed by atoms with Crippen LogP contribution in [0.2, 0.25) is 5.02 Å². The molecule has 7 nitrogen and oxygen atoms in total. The molecule has 188 valence electrons. The second-order valence-electron chi connectivity index (χ2n) is 9.55. The topological polar surface area (TPSA) is 102 Å². The van der Waals surface area contributed by atoms with Gasteiger partial charge in [-0.2, -0.15) is 0 Å². The Kier molecular flexibility index (Phi) is 7.39. The van der Waals surface area contributed by atoms with Gasteiger partial charge < -0.3 is 19.6 Å². The minimum atomic E-state index is -0.801. The van der Waals surface area contributed by atoms with Crippen LogP contribution in [0.15, 0.2) is 59.2 Å². The maximum absolute atomic E-state index is 12.7. The molecule has 36 heavy (non-hydrogen) atoms. The van der Waals surface area contributed by atoms with E-state index < -0.39 is 5.97 Å². The zero-order valence-electron chi connectivity index (χ0n) is 19.9. The summed E-state index contributed by atoms with van der Waals surface area (Å²) in [6.45, 7) is 0.482. The van der Waals surface area contributed by atoms with Gasteiger partial charge in [-0.05, 0) is 60.9 Å². The first-order chi connectivity index (χ1) is 17.5. The van der Waals surface area contributed by atoms with E-state index in [9.17, 15) is 9.59 Å². The number of oxazole rings is 1. The lowest BCUT2D eigenvalue weighted by molar-refractivity contribution is -0.136. The Hall–Kier alpha value is -3.16. The molecule has 8 heteroatoms. The molecule has 5 rings (SSSR count). The van der Waals surface area contributed by atoms with Gasteiger partial charge in [0, 0.05) is 23.9 Å². The van der Waals surface area contributed by atoms with Gasteiger partial charge in [0.15, 0.2) is 5.69 Å². The first-order valence-electron chi connectivity index (χ1n) is 12.4. The highest BCUT2D eigenvalue weighted by atomic mass is 35.5. The average Bonchev–Trinajstić information content (AvgIpc) is 3.61. The van der Waals surface area contributed by atoms with Gasteiger partial charge >= 0.3 is 5.97 Å². The Labute approximate surface area is 214 Å². The Morgan fingerprint density at radius 3 is 2.56 bits per heavy atom. The van der Waals surface area contributed by atoms with Crippen molar-refractivity contribution in [3.63, 3.8) is 0 Å². The number of benzene rings is 2. The number of hydrogen-bond donors (Lipinski definition) is 2. The number of ether oxygens (including phenoxy) is 1. The lowest BCUT2D eigenvalue weighted by atomic mass is 9.75. The summed E-state index contributed by atoms with van der Waals surface area (Å²) in [6.07, 6.45) is 5.53. The molecule has 0 unspecified atom stereocenters. The summed E-state index contributed by atoms with van der Waals surface area (Å²) in [5.41, 5.74) is 3.54. The van der Waals surface area contributed by atoms with Crippen molar-refractivity contribution >= 4 is 23.5 Å². The van der Waals surface area contributed by atoms with E-state index in [1.807, 2.05) is 42.5 Å². The Bertz CT molecular complexity index is 1220. The molecule has 0 spiro atoms. The first-order valence-corrected chi connectivity index (χ1v) is 12.8. The van der Waals surface area contributed by atoms with E-state index in [2.05, 4.69) is 16.4 Å². The van der Waals surface area contributed by atoms with Crippen molar-refractivity contribution in [3.8, 4) is 0 Å². The van der Waals surface area contributed by atoms with E-state index in [1.54, 1.807) is 0 Å². The molecule has 3 aromatic rings. The maximum Gasteiger partial charge on any atom is 0.303 e. The fourth-order valence-corrected chi connectivity index (χ4v) is 5.60. The molecule has 2 saturated heterocycles. The molecule has 2 fully saturated rings. The summed E-state index contributed by atoms with van der Waals surface area (Å²) < 4.78 is 12.1. The van der Waals surface area contributed by atoms with Crippen molar-refractivity contribution in [2.24, 2.45) is 5.92 Å². The number of carboxylic acid groups (broad SMARTS) is 1. The van der Waals surface area contributed by atoms with Crippen molar-refractivity contribution in [1.82, 2.24) is 10.3 Å². The number of amides is 1. The number of aliphatic carboxylic acids is 1. The van der Waals surface area contributed by atoms with Gasteiger partial charge in [0.1, 0.15) is 6.26 Å². The molecule has 1 amide bonds. The number of aryl methyl sites for hydroxylation is 1. The number of carboxylic acids is 1. The normalized spacial score (nSPS) is 22.6. The molecule has 0 radical (unpaired) electrons. The van der Waals surface area contributed by atoms with E-state index in [1.165, 1.54) is 6.26 Å². The van der Waals surface area contributed by atoms with Crippen LogP contribution in [0, 0.1) is 5.92 Å². The molecule has 2 aromatic carbocycles. The Balaban J connectivity index is 1.25. The highest BCUT2D eigenvalue weighted by Gasteiger charge is 2.51. The molecule has 3 heterocycles. The number of nitrogens with zero attached hydrogens (tertiary/aromatic N) is 1. The number of fused-ring (bicyclic) bond motifs is 2. The van der Waals surface area contributed by atoms with E-state index in [0.29, 0.717) is 30.3 Å². The van der Waals surface area contributed by atoms with Crippen LogP contribution in [0.25, 0.3) is 0 Å². The van der Waals surface area contributed by atoms with Crippen LogP contribution in [0.1, 0.15) is 58.2 Å². The summed E-state index contributed by atoms with van der Waals surface area (Å²) in [5.74, 6) is -0.401. The highest BCUT2D eigenvalue weighted by Crippen LogP contribution is 2.50. The molecule has 4 atom stereocenters. The number of halogens is 1. The maximum atomic E-state index is 12.7. The van der Waals surface area contributed by atoms with Crippen LogP contribution >= 0.6 is 11.6 Å². The fraction of sp³-hybridized carbons (Fsp3) is 0.393. The van der Waals surface area contributed by atoms with Gasteiger partial charge in [-0.25, -0.2) is 4.98 Å². The number of rotatable bonds is 10. The zero-order chi connectivity index (χ0) is 25.1. The first kappa shape index (κ1) is 24.5. The molecule has 1 aromatic heterocycles. The van der Waals surface area contributed by atoms with Crippen molar-refractivity contribution in [3.05, 3.63) is 88.1 Å². The van der Waals surface area contributed by atoms with Crippen molar-refractivity contribution < 1.29 is 23.8 Å². The molecule has 0 saturated carbocycles. The quantitative estimate of drug-likeness (QED) is 0.407. The molecule has 2 N–H and O–H groups in total. The van der Waals surface area contributed by atoms with Crippen molar-refractivity contribution in [1.29, 1.82) is 0 Å². The van der Waals surface area contributed by atoms with Gasteiger partial charge in [0.2, 0.25) is 5.89 Å². The standard InChI is InChI=1S/C28H29ClN2O5/c29-20-8-5-17(6-9-20)13-14-30-27(34)22-16-35-28(31-22)26-21(23-10-11-24(26)36-23)15-19-4-2-1-3-18(19)7-12-25(32)33/h1-6,8-9,16,21,23-24,26H,7,10-15H2,(H,30,34)(H,32,33)/t21-,23-,24+,26-/m0/s1. The van der Waals surface area contributed by atoms with Crippen LogP contribution < -0.4 is 5.32 Å². The largest absolute Gasteiger partial charge is 0.481 e. The predicted octanol–water partition coefficient (Wildman–Crippen LogP) is 4.82. The number of aromatic nitrogens is 1. The van der Waals surface area contributed by atoms with Crippen molar-refractivity contribution in [2.75, 3.05) is 6.54 Å². The third-order valence-electron chi connectivity index (χ3n) is 7.26. The van der Waals surface area contributed by atoms with Gasteiger partial charge in [-0.1, -0.05) is 48.0 Å². The summed E-state index contributed by atoms with van der Waals surface area (Å²) in [4.78, 5) is 28.4. The fourth-order valence-electron chi connectivity index (χ4n) is 5.48. The van der Waals surface area contributed by atoms with Crippen LogP contribution in [-0.2, 0) is 28.8 Å². The van der Waals surface area contributed by atoms with Crippen LogP contribution in [0.3, 0.4) is 0 Å². The minimum Gasteiger partial charge on any atom is -0.481 e. The third-order valence-corrected chi connectivity index (χ3v) is 7.51. The van der Waals surface area contributed by atoms with Crippen LogP contribution in [0.4, 0.5) is 0 Å². The third kappa shape index (κ3) is 5.47. The highest BCUT2D eigenvalue weighted by molar-refractivity contribution is 6.30. The predicted molar refractivity (Wildman–Crippen MR) is 134 cm³/mol. The second kappa shape index (κ2) is 10.8. The number of carbonyl (C=O) groups is 2. The summed E-state index contributed by atoms with van der Waals surface area (Å²) in [6, 6.07) is 15.5. The summed E-state index contributed by atoms with van der Waals surface area (Å²) in [7, 11) is 0. The number of hydrogen-bond acceptors (Lipinski definition) is 5. The molecule has 2 bridgehead atoms. The minimum absolute atomic E-state index is 0.0191. The van der Waals surface area contributed by atoms with Gasteiger partial charge in [0.05, 0.1) is 18.1 Å². The smallest absolute Gasteiger partial charge is 0.303 e. The van der Waals surface area contributed by atoms with Gasteiger partial charge in [-0.15, -0.1) is 0 Å². The molecular formula is C28H29ClN2O5. The molecular weight excluding hydrogens is 480 g/mol. The lowest BCUT2D eigenvalue weighted by Crippen LogP contribution is -2.28. The summed E-state index contributed by atoms with van der Waals surface area (Å²) in [5, 5.41) is 12.7. The molecule has 2 aliphatic rings.